The number of benzene rings is 1. The standard InChI is InChI=1S/C16H21NO4/c1-10(2)7-8-17-12-9-11(14(18)19)5-6-13(12)21-16(3,4)15(17)20/h5-6,9-10H,7-8H2,1-4H3,(H,18,19). The number of carbonyl (C=O) groups excluding carboxylic acids is 1. The van der Waals surface area contributed by atoms with Crippen LogP contribution >= 0.6 is 0 Å². The lowest BCUT2D eigenvalue weighted by molar-refractivity contribution is -0.132. The molecule has 0 atom stereocenters. The average molecular weight is 291 g/mol. The van der Waals surface area contributed by atoms with Gasteiger partial charge in [-0.15, -0.1) is 0 Å². The third kappa shape index (κ3) is 3.01. The van der Waals surface area contributed by atoms with Gasteiger partial charge in [0.05, 0.1) is 11.3 Å². The van der Waals surface area contributed by atoms with E-state index >= 15 is 0 Å². The van der Waals surface area contributed by atoms with E-state index in [4.69, 9.17) is 9.84 Å². The van der Waals surface area contributed by atoms with Crippen LogP contribution in [0, 0.1) is 5.92 Å². The van der Waals surface area contributed by atoms with Crippen molar-refractivity contribution >= 4 is 17.6 Å². The van der Waals surface area contributed by atoms with E-state index in [9.17, 15) is 9.59 Å². The first-order valence-corrected chi connectivity index (χ1v) is 7.10. The third-order valence-corrected chi connectivity index (χ3v) is 3.55. The first kappa shape index (κ1) is 15.4. The van der Waals surface area contributed by atoms with Gasteiger partial charge in [0.25, 0.3) is 5.91 Å². The van der Waals surface area contributed by atoms with Gasteiger partial charge in [0.15, 0.2) is 5.60 Å². The summed E-state index contributed by atoms with van der Waals surface area (Å²) in [7, 11) is 0. The molecule has 1 aromatic carbocycles. The van der Waals surface area contributed by atoms with Gasteiger partial charge in [0, 0.05) is 6.54 Å². The van der Waals surface area contributed by atoms with Crippen LogP contribution in [0.2, 0.25) is 0 Å². The zero-order valence-electron chi connectivity index (χ0n) is 12.8. The van der Waals surface area contributed by atoms with Crippen LogP contribution in [0.25, 0.3) is 0 Å². The monoisotopic (exact) mass is 291 g/mol. The Labute approximate surface area is 124 Å². The first-order valence-electron chi connectivity index (χ1n) is 7.10. The summed E-state index contributed by atoms with van der Waals surface area (Å²) in [5.41, 5.74) is -0.242. The molecule has 1 aliphatic heterocycles. The number of fused-ring (bicyclic) bond motifs is 1. The SMILES string of the molecule is CC(C)CCN1C(=O)C(C)(C)Oc2ccc(C(=O)O)cc21. The highest BCUT2D eigenvalue weighted by Gasteiger charge is 2.40. The molecule has 0 aromatic heterocycles. The van der Waals surface area contributed by atoms with Crippen molar-refractivity contribution < 1.29 is 19.4 Å². The summed E-state index contributed by atoms with van der Waals surface area (Å²) >= 11 is 0. The van der Waals surface area contributed by atoms with Crippen LogP contribution in [-0.2, 0) is 4.79 Å². The zero-order chi connectivity index (χ0) is 15.8. The van der Waals surface area contributed by atoms with Gasteiger partial charge in [0.2, 0.25) is 0 Å². The molecule has 0 saturated carbocycles. The Bertz CT molecular complexity index is 578. The highest BCUT2D eigenvalue weighted by atomic mass is 16.5. The fourth-order valence-corrected chi connectivity index (χ4v) is 2.31. The van der Waals surface area contributed by atoms with Crippen molar-refractivity contribution in [1.82, 2.24) is 0 Å². The molecule has 1 heterocycles. The van der Waals surface area contributed by atoms with Crippen LogP contribution in [0.15, 0.2) is 18.2 Å². The molecule has 1 N–H and O–H groups in total. The van der Waals surface area contributed by atoms with E-state index in [1.807, 2.05) is 0 Å². The number of nitrogens with zero attached hydrogens (tertiary/aromatic N) is 1. The lowest BCUT2D eigenvalue weighted by atomic mass is 10.0. The lowest BCUT2D eigenvalue weighted by Gasteiger charge is -2.39. The summed E-state index contributed by atoms with van der Waals surface area (Å²) in [6.07, 6.45) is 0.846. The second-order valence-corrected chi connectivity index (χ2v) is 6.24. The fraction of sp³-hybridized carbons (Fsp3) is 0.500. The summed E-state index contributed by atoms with van der Waals surface area (Å²) in [4.78, 5) is 25.3. The topological polar surface area (TPSA) is 66.8 Å². The lowest BCUT2D eigenvalue weighted by Crippen LogP contribution is -2.53. The van der Waals surface area contributed by atoms with Crippen molar-refractivity contribution in [1.29, 1.82) is 0 Å². The minimum Gasteiger partial charge on any atom is -0.478 e. The minimum atomic E-state index is -1.01. The predicted molar refractivity (Wildman–Crippen MR) is 79.9 cm³/mol. The maximum atomic E-state index is 12.6. The molecule has 0 spiro atoms. The summed E-state index contributed by atoms with van der Waals surface area (Å²) < 4.78 is 5.72. The molecule has 0 radical (unpaired) electrons. The van der Waals surface area contributed by atoms with Gasteiger partial charge in [-0.05, 0) is 44.4 Å². The van der Waals surface area contributed by atoms with E-state index in [-0.39, 0.29) is 11.5 Å². The molecule has 1 aliphatic rings. The third-order valence-electron chi connectivity index (χ3n) is 3.55. The Hall–Kier alpha value is -2.04. The van der Waals surface area contributed by atoms with Gasteiger partial charge < -0.3 is 14.7 Å². The van der Waals surface area contributed by atoms with Crippen LogP contribution in [0.5, 0.6) is 5.75 Å². The van der Waals surface area contributed by atoms with E-state index in [0.717, 1.165) is 6.42 Å². The van der Waals surface area contributed by atoms with E-state index in [1.54, 1.807) is 24.8 Å². The minimum absolute atomic E-state index is 0.141. The second-order valence-electron chi connectivity index (χ2n) is 6.24. The maximum absolute atomic E-state index is 12.6. The van der Waals surface area contributed by atoms with Crippen molar-refractivity contribution in [2.75, 3.05) is 11.4 Å². The number of anilines is 1. The molecule has 5 nitrogen and oxygen atoms in total. The molecule has 0 aliphatic carbocycles. The Morgan fingerprint density at radius 1 is 1.38 bits per heavy atom. The zero-order valence-corrected chi connectivity index (χ0v) is 12.8. The molecule has 2 rings (SSSR count). The van der Waals surface area contributed by atoms with Gasteiger partial charge in [-0.2, -0.15) is 0 Å². The van der Waals surface area contributed by atoms with Crippen LogP contribution in [0.3, 0.4) is 0 Å². The number of amides is 1. The maximum Gasteiger partial charge on any atom is 0.335 e. The molecule has 0 saturated heterocycles. The van der Waals surface area contributed by atoms with Crippen LogP contribution in [0.1, 0.15) is 44.5 Å². The highest BCUT2D eigenvalue weighted by Crippen LogP contribution is 2.38. The van der Waals surface area contributed by atoms with Gasteiger partial charge in [0.1, 0.15) is 5.75 Å². The molecule has 1 aromatic rings. The molecule has 0 bridgehead atoms. The number of rotatable bonds is 4. The van der Waals surface area contributed by atoms with Crippen molar-refractivity contribution in [3.8, 4) is 5.75 Å². The first-order chi connectivity index (χ1) is 9.72. The van der Waals surface area contributed by atoms with E-state index in [1.165, 1.54) is 12.1 Å². The predicted octanol–water partition coefficient (Wildman–Crippen LogP) is 2.93. The Kier molecular flexibility index (Phi) is 3.94. The number of carboxylic acids is 1. The summed E-state index contributed by atoms with van der Waals surface area (Å²) in [6, 6.07) is 4.62. The number of carboxylic acid groups (broad SMARTS) is 1. The van der Waals surface area contributed by atoms with Gasteiger partial charge in [-0.1, -0.05) is 13.8 Å². The molecule has 21 heavy (non-hydrogen) atoms. The number of hydrogen-bond acceptors (Lipinski definition) is 3. The molecule has 114 valence electrons. The fourth-order valence-electron chi connectivity index (χ4n) is 2.31. The number of ether oxygens (including phenoxy) is 1. The summed E-state index contributed by atoms with van der Waals surface area (Å²) in [5, 5.41) is 9.12. The molecule has 5 heteroatoms. The van der Waals surface area contributed by atoms with Crippen molar-refractivity contribution in [2.45, 2.75) is 39.7 Å². The van der Waals surface area contributed by atoms with Crippen LogP contribution in [0.4, 0.5) is 5.69 Å². The van der Waals surface area contributed by atoms with Crippen LogP contribution < -0.4 is 9.64 Å². The molecular formula is C16H21NO4. The van der Waals surface area contributed by atoms with Gasteiger partial charge in [-0.25, -0.2) is 4.79 Å². The smallest absolute Gasteiger partial charge is 0.335 e. The normalized spacial score (nSPS) is 16.6. The number of aromatic carboxylic acids is 1. The Morgan fingerprint density at radius 3 is 2.62 bits per heavy atom. The van der Waals surface area contributed by atoms with Gasteiger partial charge >= 0.3 is 5.97 Å². The molecule has 0 fully saturated rings. The van der Waals surface area contributed by atoms with E-state index in [2.05, 4.69) is 13.8 Å². The van der Waals surface area contributed by atoms with Crippen molar-refractivity contribution in [2.24, 2.45) is 5.92 Å². The molecular weight excluding hydrogens is 270 g/mol. The summed E-state index contributed by atoms with van der Waals surface area (Å²) in [5.74, 6) is -0.152. The Morgan fingerprint density at radius 2 is 2.05 bits per heavy atom. The summed E-state index contributed by atoms with van der Waals surface area (Å²) in [6.45, 7) is 8.19. The van der Waals surface area contributed by atoms with E-state index in [0.29, 0.717) is 23.9 Å². The highest BCUT2D eigenvalue weighted by molar-refractivity contribution is 6.03. The average Bonchev–Trinajstić information content (AvgIpc) is 2.38. The van der Waals surface area contributed by atoms with Crippen molar-refractivity contribution in [3.63, 3.8) is 0 Å². The Balaban J connectivity index is 2.45. The largest absolute Gasteiger partial charge is 0.478 e. The van der Waals surface area contributed by atoms with Crippen molar-refractivity contribution in [3.05, 3.63) is 23.8 Å². The molecule has 0 unspecified atom stereocenters. The second kappa shape index (κ2) is 5.39. The van der Waals surface area contributed by atoms with Gasteiger partial charge in [-0.3, -0.25) is 4.79 Å². The number of carbonyl (C=O) groups is 2. The molecule has 1 amide bonds. The number of hydrogen-bond donors (Lipinski definition) is 1. The van der Waals surface area contributed by atoms with E-state index < -0.39 is 11.6 Å². The quantitative estimate of drug-likeness (QED) is 0.926. The van der Waals surface area contributed by atoms with Crippen LogP contribution in [-0.4, -0.2) is 29.1 Å².